The van der Waals surface area contributed by atoms with Crippen LogP contribution in [-0.2, 0) is 14.4 Å². The second-order valence-corrected chi connectivity index (χ2v) is 4.85. The Balaban J connectivity index is 4.09. The summed E-state index contributed by atoms with van der Waals surface area (Å²) in [5.41, 5.74) is 5.23. The Morgan fingerprint density at radius 2 is 1.89 bits per heavy atom. The van der Waals surface area contributed by atoms with Gasteiger partial charge < -0.3 is 21.3 Å². The highest BCUT2D eigenvalue weighted by atomic mass is 32.2. The van der Waals surface area contributed by atoms with E-state index in [1.54, 1.807) is 0 Å². The molecular weight excluding hydrogens is 260 g/mol. The topological polar surface area (TPSA) is 130 Å². The Morgan fingerprint density at radius 1 is 1.28 bits per heavy atom. The van der Waals surface area contributed by atoms with Gasteiger partial charge in [-0.05, 0) is 18.6 Å². The molecule has 0 spiro atoms. The Kier molecular flexibility index (Phi) is 8.14. The van der Waals surface area contributed by atoms with Crippen molar-refractivity contribution in [2.45, 2.75) is 37.6 Å². The summed E-state index contributed by atoms with van der Waals surface area (Å²) in [6.45, 7) is 1.90. The minimum atomic E-state index is -1.18. The Bertz CT molecular complexity index is 311. The van der Waals surface area contributed by atoms with Crippen molar-refractivity contribution in [1.82, 2.24) is 5.32 Å². The van der Waals surface area contributed by atoms with E-state index in [9.17, 15) is 14.4 Å². The number of carbonyl (C=O) groups excluding carboxylic acids is 1. The van der Waals surface area contributed by atoms with Gasteiger partial charge in [0.15, 0.2) is 5.37 Å². The van der Waals surface area contributed by atoms with Gasteiger partial charge in [-0.15, -0.1) is 11.8 Å². The normalized spacial score (nSPS) is 13.7. The first kappa shape index (κ1) is 16.7. The molecule has 5 N–H and O–H groups in total. The van der Waals surface area contributed by atoms with Crippen LogP contribution in [0.4, 0.5) is 0 Å². The second kappa shape index (κ2) is 8.76. The maximum absolute atomic E-state index is 11.4. The average Bonchev–Trinajstić information content (AvgIpc) is 2.30. The molecular formula is C10H18N2O5S. The number of aliphatic carboxylic acids is 2. The van der Waals surface area contributed by atoms with Crippen LogP contribution in [-0.4, -0.2) is 45.2 Å². The smallest absolute Gasteiger partial charge is 0.336 e. The lowest BCUT2D eigenvalue weighted by Gasteiger charge is -2.14. The maximum Gasteiger partial charge on any atom is 0.336 e. The van der Waals surface area contributed by atoms with E-state index in [4.69, 9.17) is 15.9 Å². The van der Waals surface area contributed by atoms with E-state index >= 15 is 0 Å². The predicted octanol–water partition coefficient (Wildman–Crippen LogP) is -0.151. The molecule has 0 saturated carbocycles. The van der Waals surface area contributed by atoms with Crippen LogP contribution in [0, 0.1) is 0 Å². The van der Waals surface area contributed by atoms with Crippen molar-refractivity contribution in [1.29, 1.82) is 0 Å². The number of carbonyl (C=O) groups is 3. The maximum atomic E-state index is 11.4. The summed E-state index contributed by atoms with van der Waals surface area (Å²) in [7, 11) is 0. The number of hydrogen-bond donors (Lipinski definition) is 4. The molecule has 0 radical (unpaired) electrons. The third-order valence-electron chi connectivity index (χ3n) is 2.00. The highest BCUT2D eigenvalue weighted by molar-refractivity contribution is 8.00. The summed E-state index contributed by atoms with van der Waals surface area (Å²) >= 11 is 1.12. The van der Waals surface area contributed by atoms with E-state index in [1.807, 2.05) is 6.92 Å². The molecule has 0 aliphatic rings. The lowest BCUT2D eigenvalue weighted by molar-refractivity contribution is -0.140. The summed E-state index contributed by atoms with van der Waals surface area (Å²) in [6, 6.07) is -1.11. The summed E-state index contributed by atoms with van der Waals surface area (Å²) < 4.78 is 0. The minimum absolute atomic E-state index is 0.0219. The second-order valence-electron chi connectivity index (χ2n) is 3.64. The SMILES string of the molecule is CCCSC(NC(=O)CCC(N)C(=O)O)C(=O)O. The van der Waals surface area contributed by atoms with Gasteiger partial charge in [0.25, 0.3) is 0 Å². The van der Waals surface area contributed by atoms with Gasteiger partial charge in [-0.3, -0.25) is 9.59 Å². The van der Waals surface area contributed by atoms with Crippen LogP contribution in [0.15, 0.2) is 0 Å². The molecule has 0 aromatic carbocycles. The fraction of sp³-hybridized carbons (Fsp3) is 0.700. The van der Waals surface area contributed by atoms with Gasteiger partial charge in [-0.2, -0.15) is 0 Å². The van der Waals surface area contributed by atoms with Crippen molar-refractivity contribution in [3.05, 3.63) is 0 Å². The monoisotopic (exact) mass is 278 g/mol. The van der Waals surface area contributed by atoms with Gasteiger partial charge in [-0.25, -0.2) is 4.79 Å². The molecule has 0 aromatic rings. The van der Waals surface area contributed by atoms with Crippen LogP contribution in [0.3, 0.4) is 0 Å². The van der Waals surface area contributed by atoms with Crippen molar-refractivity contribution in [3.63, 3.8) is 0 Å². The van der Waals surface area contributed by atoms with Crippen LogP contribution in [0.1, 0.15) is 26.2 Å². The first-order valence-electron chi connectivity index (χ1n) is 5.50. The van der Waals surface area contributed by atoms with Crippen molar-refractivity contribution >= 4 is 29.6 Å². The fourth-order valence-corrected chi connectivity index (χ4v) is 1.87. The summed E-state index contributed by atoms with van der Waals surface area (Å²) in [6.07, 6.45) is 0.671. The Morgan fingerprint density at radius 3 is 2.33 bits per heavy atom. The molecule has 8 heteroatoms. The first-order valence-corrected chi connectivity index (χ1v) is 6.55. The molecule has 104 valence electrons. The van der Waals surface area contributed by atoms with Gasteiger partial charge in [0.1, 0.15) is 6.04 Å². The van der Waals surface area contributed by atoms with Gasteiger partial charge in [0, 0.05) is 6.42 Å². The zero-order chi connectivity index (χ0) is 14.1. The number of nitrogens with two attached hydrogens (primary N) is 1. The quantitative estimate of drug-likeness (QED) is 0.431. The number of carboxylic acids is 2. The van der Waals surface area contributed by atoms with Crippen LogP contribution in [0.5, 0.6) is 0 Å². The predicted molar refractivity (Wildman–Crippen MR) is 67.2 cm³/mol. The highest BCUT2D eigenvalue weighted by Gasteiger charge is 2.21. The number of thioether (sulfide) groups is 1. The van der Waals surface area contributed by atoms with Gasteiger partial charge in [0.05, 0.1) is 0 Å². The van der Waals surface area contributed by atoms with Crippen LogP contribution < -0.4 is 11.1 Å². The molecule has 1 amide bonds. The Labute approximate surface area is 109 Å². The van der Waals surface area contributed by atoms with E-state index < -0.39 is 29.3 Å². The van der Waals surface area contributed by atoms with E-state index in [-0.39, 0.29) is 12.8 Å². The first-order chi connectivity index (χ1) is 8.38. The van der Waals surface area contributed by atoms with Crippen LogP contribution in [0.25, 0.3) is 0 Å². The molecule has 0 bridgehead atoms. The molecule has 0 heterocycles. The lowest BCUT2D eigenvalue weighted by atomic mass is 10.1. The zero-order valence-corrected chi connectivity index (χ0v) is 10.9. The molecule has 0 aliphatic heterocycles. The molecule has 2 atom stereocenters. The van der Waals surface area contributed by atoms with E-state index in [0.717, 1.165) is 18.2 Å². The van der Waals surface area contributed by atoms with Crippen LogP contribution in [0.2, 0.25) is 0 Å². The number of nitrogens with one attached hydrogen (secondary N) is 1. The van der Waals surface area contributed by atoms with Crippen molar-refractivity contribution in [3.8, 4) is 0 Å². The molecule has 2 unspecified atom stereocenters. The van der Waals surface area contributed by atoms with E-state index in [0.29, 0.717) is 5.75 Å². The molecule has 0 rings (SSSR count). The molecule has 0 aliphatic carbocycles. The standard InChI is InChI=1S/C10H18N2O5S/c1-2-5-18-8(10(16)17)12-7(13)4-3-6(11)9(14)15/h6,8H,2-5,11H2,1H3,(H,12,13)(H,14,15)(H,16,17). The van der Waals surface area contributed by atoms with Crippen molar-refractivity contribution in [2.24, 2.45) is 5.73 Å². The van der Waals surface area contributed by atoms with E-state index in [1.165, 1.54) is 0 Å². The van der Waals surface area contributed by atoms with Gasteiger partial charge >= 0.3 is 11.9 Å². The summed E-state index contributed by atoms with van der Waals surface area (Å²) in [5, 5.41) is 18.7. The number of hydrogen-bond acceptors (Lipinski definition) is 5. The summed E-state index contributed by atoms with van der Waals surface area (Å²) in [5.74, 6) is -2.20. The molecule has 0 fully saturated rings. The highest BCUT2D eigenvalue weighted by Crippen LogP contribution is 2.10. The molecule has 0 saturated heterocycles. The molecule has 7 nitrogen and oxygen atoms in total. The number of amides is 1. The lowest BCUT2D eigenvalue weighted by Crippen LogP contribution is -2.39. The third kappa shape index (κ3) is 7.13. The summed E-state index contributed by atoms with van der Waals surface area (Å²) in [4.78, 5) is 32.7. The molecule has 18 heavy (non-hydrogen) atoms. The van der Waals surface area contributed by atoms with E-state index in [2.05, 4.69) is 5.32 Å². The van der Waals surface area contributed by atoms with Crippen LogP contribution >= 0.6 is 11.8 Å². The van der Waals surface area contributed by atoms with Crippen molar-refractivity contribution in [2.75, 3.05) is 5.75 Å². The van der Waals surface area contributed by atoms with Gasteiger partial charge in [-0.1, -0.05) is 6.92 Å². The van der Waals surface area contributed by atoms with Crippen molar-refractivity contribution < 1.29 is 24.6 Å². The zero-order valence-electron chi connectivity index (χ0n) is 10.1. The minimum Gasteiger partial charge on any atom is -0.480 e. The Hall–Kier alpha value is -1.28. The number of carboxylic acid groups (broad SMARTS) is 2. The van der Waals surface area contributed by atoms with Gasteiger partial charge in [0.2, 0.25) is 5.91 Å². The largest absolute Gasteiger partial charge is 0.480 e. The third-order valence-corrected chi connectivity index (χ3v) is 3.30. The fourth-order valence-electron chi connectivity index (χ4n) is 1.04. The number of rotatable bonds is 9. The molecule has 0 aromatic heterocycles. The average molecular weight is 278 g/mol.